The maximum atomic E-state index is 12.1. The number of carbonyl (C=O) groups excluding carboxylic acids is 1. The molecule has 0 saturated heterocycles. The molecular formula is C21H18Cl2N4O5S. The van der Waals surface area contributed by atoms with E-state index in [1.54, 1.807) is 43.3 Å². The van der Waals surface area contributed by atoms with Gasteiger partial charge in [-0.05, 0) is 31.2 Å². The van der Waals surface area contributed by atoms with Crippen molar-refractivity contribution >= 4 is 56.1 Å². The van der Waals surface area contributed by atoms with Crippen LogP contribution in [0, 0.1) is 5.41 Å². The Bertz CT molecular complexity index is 1350. The molecule has 0 aliphatic carbocycles. The van der Waals surface area contributed by atoms with Crippen LogP contribution in [0.5, 0.6) is 0 Å². The van der Waals surface area contributed by atoms with Gasteiger partial charge in [0.15, 0.2) is 15.5 Å². The number of benzene rings is 2. The second-order valence-electron chi connectivity index (χ2n) is 6.61. The molecule has 33 heavy (non-hydrogen) atoms. The van der Waals surface area contributed by atoms with Crippen LogP contribution in [0.15, 0.2) is 63.0 Å². The molecule has 0 spiro atoms. The summed E-state index contributed by atoms with van der Waals surface area (Å²) in [6.07, 6.45) is 1.09. The molecule has 0 atom stereocenters. The van der Waals surface area contributed by atoms with Crippen LogP contribution in [0.3, 0.4) is 0 Å². The largest absolute Gasteiger partial charge is 0.461 e. The minimum Gasteiger partial charge on any atom is -0.461 e. The van der Waals surface area contributed by atoms with Crippen LogP contribution in [0.2, 0.25) is 5.02 Å². The van der Waals surface area contributed by atoms with Crippen LogP contribution in [-0.4, -0.2) is 43.1 Å². The van der Waals surface area contributed by atoms with E-state index in [0.717, 1.165) is 6.26 Å². The highest BCUT2D eigenvalue weighted by Crippen LogP contribution is 2.30. The Labute approximate surface area is 199 Å². The number of carbonyl (C=O) groups is 1. The van der Waals surface area contributed by atoms with Crippen molar-refractivity contribution in [2.75, 3.05) is 18.2 Å². The van der Waals surface area contributed by atoms with Gasteiger partial charge in [-0.2, -0.15) is 4.98 Å². The van der Waals surface area contributed by atoms with Crippen molar-refractivity contribution in [3.63, 3.8) is 0 Å². The third kappa shape index (κ3) is 5.78. The number of hydrogen-bond donors (Lipinski definition) is 2. The van der Waals surface area contributed by atoms with E-state index in [0.29, 0.717) is 16.3 Å². The summed E-state index contributed by atoms with van der Waals surface area (Å²) in [5.41, 5.74) is 0.0946. The quantitative estimate of drug-likeness (QED) is 0.337. The highest BCUT2D eigenvalue weighted by atomic mass is 35.5. The van der Waals surface area contributed by atoms with Crippen LogP contribution in [0.1, 0.15) is 12.8 Å². The molecule has 0 fully saturated rings. The van der Waals surface area contributed by atoms with Gasteiger partial charge in [-0.1, -0.05) is 52.6 Å². The number of rotatable bonds is 8. The number of ether oxygens (including phenoxy) is 1. The standard InChI is InChI=1S/C21H18Cl2N4O5S/c1-3-31-21(28)17(24)16(23)18(25-15-10-5-4-9-14(15)22)20-26-19(27-32-20)12-7-6-8-13(11-12)33(2,29)30/h4-11,24-25H,3H2,1-2H3/b18-16+,24-17?. The maximum absolute atomic E-state index is 12.1. The molecular weight excluding hydrogens is 491 g/mol. The van der Waals surface area contributed by atoms with E-state index in [1.807, 2.05) is 0 Å². The third-order valence-electron chi connectivity index (χ3n) is 4.21. The fourth-order valence-corrected chi connectivity index (χ4v) is 3.68. The molecule has 0 bridgehead atoms. The zero-order chi connectivity index (χ0) is 24.2. The number of para-hydroxylation sites is 1. The summed E-state index contributed by atoms with van der Waals surface area (Å²) in [4.78, 5) is 16.4. The monoisotopic (exact) mass is 508 g/mol. The number of nitrogens with one attached hydrogen (secondary N) is 2. The van der Waals surface area contributed by atoms with Gasteiger partial charge < -0.3 is 14.6 Å². The Balaban J connectivity index is 2.08. The zero-order valence-electron chi connectivity index (χ0n) is 17.4. The molecule has 2 N–H and O–H groups in total. The van der Waals surface area contributed by atoms with Crippen molar-refractivity contribution in [3.05, 3.63) is 64.5 Å². The first-order chi connectivity index (χ1) is 15.6. The van der Waals surface area contributed by atoms with E-state index < -0.39 is 21.5 Å². The van der Waals surface area contributed by atoms with E-state index in [2.05, 4.69) is 15.5 Å². The highest BCUT2D eigenvalue weighted by molar-refractivity contribution is 7.90. The number of sulfone groups is 1. The Kier molecular flexibility index (Phi) is 7.52. The first-order valence-corrected chi connectivity index (χ1v) is 12.1. The molecule has 0 unspecified atom stereocenters. The lowest BCUT2D eigenvalue weighted by Crippen LogP contribution is -2.19. The Hall–Kier alpha value is -3.21. The lowest BCUT2D eigenvalue weighted by molar-refractivity contribution is -0.135. The summed E-state index contributed by atoms with van der Waals surface area (Å²) < 4.78 is 33.9. The zero-order valence-corrected chi connectivity index (χ0v) is 19.8. The number of anilines is 1. The number of nitrogens with zero attached hydrogens (tertiary/aromatic N) is 2. The average Bonchev–Trinajstić information content (AvgIpc) is 3.27. The topological polar surface area (TPSA) is 135 Å². The summed E-state index contributed by atoms with van der Waals surface area (Å²) in [7, 11) is -3.45. The molecule has 0 aliphatic heterocycles. The van der Waals surface area contributed by atoms with Gasteiger partial charge in [0, 0.05) is 11.8 Å². The molecule has 0 aliphatic rings. The molecule has 12 heteroatoms. The average molecular weight is 509 g/mol. The molecule has 0 amide bonds. The second kappa shape index (κ2) is 10.2. The Morgan fingerprint density at radius 1 is 1.21 bits per heavy atom. The van der Waals surface area contributed by atoms with Crippen LogP contribution in [0.4, 0.5) is 5.69 Å². The van der Waals surface area contributed by atoms with Crippen LogP contribution >= 0.6 is 23.2 Å². The number of aromatic nitrogens is 2. The molecule has 9 nitrogen and oxygen atoms in total. The predicted octanol–water partition coefficient (Wildman–Crippen LogP) is 4.40. The minimum absolute atomic E-state index is 0.0548. The summed E-state index contributed by atoms with van der Waals surface area (Å²) in [6, 6.07) is 12.7. The molecule has 0 radical (unpaired) electrons. The fourth-order valence-electron chi connectivity index (χ4n) is 2.63. The van der Waals surface area contributed by atoms with Gasteiger partial charge in [0.05, 0.1) is 22.2 Å². The van der Waals surface area contributed by atoms with E-state index >= 15 is 0 Å². The Morgan fingerprint density at radius 3 is 2.61 bits per heavy atom. The van der Waals surface area contributed by atoms with Gasteiger partial charge in [0.1, 0.15) is 10.7 Å². The SMILES string of the molecule is CCOC(=O)C(=N)/C(Cl)=C(\Nc1ccccc1Cl)c1nc(-c2cccc(S(C)(=O)=O)c2)no1. The first-order valence-electron chi connectivity index (χ1n) is 9.43. The number of esters is 1. The molecule has 2 aromatic carbocycles. The van der Waals surface area contributed by atoms with Crippen molar-refractivity contribution in [2.24, 2.45) is 0 Å². The lowest BCUT2D eigenvalue weighted by Gasteiger charge is -2.12. The third-order valence-corrected chi connectivity index (χ3v) is 6.03. The highest BCUT2D eigenvalue weighted by Gasteiger charge is 2.24. The van der Waals surface area contributed by atoms with Gasteiger partial charge in [0.25, 0.3) is 5.89 Å². The normalized spacial score (nSPS) is 12.1. The van der Waals surface area contributed by atoms with Crippen LogP contribution in [0.25, 0.3) is 17.1 Å². The summed E-state index contributed by atoms with van der Waals surface area (Å²) in [5.74, 6) is -1.03. The van der Waals surface area contributed by atoms with Crippen molar-refractivity contribution < 1.29 is 22.5 Å². The predicted molar refractivity (Wildman–Crippen MR) is 125 cm³/mol. The molecule has 3 aromatic rings. The molecule has 1 aromatic heterocycles. The van der Waals surface area contributed by atoms with Crippen molar-refractivity contribution in [2.45, 2.75) is 11.8 Å². The van der Waals surface area contributed by atoms with Gasteiger partial charge >= 0.3 is 5.97 Å². The minimum atomic E-state index is -3.45. The van der Waals surface area contributed by atoms with Gasteiger partial charge in [-0.15, -0.1) is 0 Å². The molecule has 0 saturated carbocycles. The van der Waals surface area contributed by atoms with E-state index in [4.69, 9.17) is 37.9 Å². The Morgan fingerprint density at radius 2 is 1.94 bits per heavy atom. The molecule has 1 heterocycles. The number of halogens is 2. The molecule has 172 valence electrons. The van der Waals surface area contributed by atoms with E-state index in [-0.39, 0.29) is 33.9 Å². The first kappa shape index (κ1) is 24.4. The smallest absolute Gasteiger partial charge is 0.357 e. The van der Waals surface area contributed by atoms with Gasteiger partial charge in [-0.25, -0.2) is 13.2 Å². The van der Waals surface area contributed by atoms with E-state index in [1.165, 1.54) is 12.1 Å². The molecule has 3 rings (SSSR count). The van der Waals surface area contributed by atoms with Crippen LogP contribution in [-0.2, 0) is 19.4 Å². The second-order valence-corrected chi connectivity index (χ2v) is 9.41. The summed E-state index contributed by atoms with van der Waals surface area (Å²) >= 11 is 12.6. The number of hydrogen-bond acceptors (Lipinski definition) is 9. The van der Waals surface area contributed by atoms with Crippen molar-refractivity contribution in [1.29, 1.82) is 5.41 Å². The fraction of sp³-hybridized carbons (Fsp3) is 0.143. The lowest BCUT2D eigenvalue weighted by atomic mass is 10.2. The van der Waals surface area contributed by atoms with Crippen molar-refractivity contribution in [1.82, 2.24) is 10.1 Å². The van der Waals surface area contributed by atoms with Gasteiger partial charge in [-0.3, -0.25) is 5.41 Å². The maximum Gasteiger partial charge on any atom is 0.357 e. The summed E-state index contributed by atoms with van der Waals surface area (Å²) in [5, 5.41) is 14.9. The summed E-state index contributed by atoms with van der Waals surface area (Å²) in [6.45, 7) is 1.65. The van der Waals surface area contributed by atoms with E-state index in [9.17, 15) is 13.2 Å². The van der Waals surface area contributed by atoms with Crippen molar-refractivity contribution in [3.8, 4) is 11.4 Å². The van der Waals surface area contributed by atoms with Gasteiger partial charge in [0.2, 0.25) is 5.82 Å². The van der Waals surface area contributed by atoms with Crippen LogP contribution < -0.4 is 5.32 Å².